The summed E-state index contributed by atoms with van der Waals surface area (Å²) < 4.78 is 5.34. The van der Waals surface area contributed by atoms with E-state index in [9.17, 15) is 4.79 Å². The van der Waals surface area contributed by atoms with Crippen LogP contribution in [0.15, 0.2) is 34.7 Å². The average Bonchev–Trinajstić information content (AvgIpc) is 2.82. The van der Waals surface area contributed by atoms with Crippen LogP contribution in [0.2, 0.25) is 0 Å². The Hall–Kier alpha value is -2.67. The van der Waals surface area contributed by atoms with Crippen LogP contribution in [-0.4, -0.2) is 26.5 Å². The lowest BCUT2D eigenvalue weighted by Crippen LogP contribution is -2.23. The molecule has 1 aromatic heterocycles. The lowest BCUT2D eigenvalue weighted by molar-refractivity contribution is 0.0957. The predicted octanol–water partition coefficient (Wildman–Crippen LogP) is 2.74. The summed E-state index contributed by atoms with van der Waals surface area (Å²) in [4.78, 5) is 14.0. The van der Waals surface area contributed by atoms with Crippen molar-refractivity contribution in [2.75, 3.05) is 25.5 Å². The Kier molecular flexibility index (Phi) is 4.90. The smallest absolute Gasteiger partial charge is 0.255 e. The zero-order chi connectivity index (χ0) is 16.1. The summed E-state index contributed by atoms with van der Waals surface area (Å²) in [7, 11) is 3.99. The van der Waals surface area contributed by atoms with E-state index >= 15 is 0 Å². The summed E-state index contributed by atoms with van der Waals surface area (Å²) in [5.74, 6) is 7.18. The first-order valence-electron chi connectivity index (χ1n) is 7.09. The highest BCUT2D eigenvalue weighted by atomic mass is 16.3. The van der Waals surface area contributed by atoms with Crippen molar-refractivity contribution < 1.29 is 9.21 Å². The molecule has 0 aliphatic carbocycles. The highest BCUT2D eigenvalue weighted by molar-refractivity contribution is 5.95. The second-order valence-corrected chi connectivity index (χ2v) is 5.25. The summed E-state index contributed by atoms with van der Waals surface area (Å²) in [5.41, 5.74) is 2.62. The maximum absolute atomic E-state index is 12.0. The minimum Gasteiger partial charge on any atom is -0.466 e. The normalized spacial score (nSPS) is 9.82. The Morgan fingerprint density at radius 3 is 2.45 bits per heavy atom. The van der Waals surface area contributed by atoms with Crippen molar-refractivity contribution in [2.45, 2.75) is 13.8 Å². The second kappa shape index (κ2) is 6.86. The van der Waals surface area contributed by atoms with Gasteiger partial charge in [0.15, 0.2) is 0 Å². The number of carbonyl (C=O) groups is 1. The van der Waals surface area contributed by atoms with Gasteiger partial charge in [0.2, 0.25) is 0 Å². The molecule has 0 aliphatic heterocycles. The monoisotopic (exact) mass is 296 g/mol. The zero-order valence-electron chi connectivity index (χ0n) is 13.4. The number of nitrogens with zero attached hydrogens (tertiary/aromatic N) is 1. The van der Waals surface area contributed by atoms with Crippen LogP contribution in [0.1, 0.15) is 27.4 Å². The number of amides is 1. The van der Waals surface area contributed by atoms with E-state index in [0.29, 0.717) is 17.9 Å². The molecule has 0 fully saturated rings. The summed E-state index contributed by atoms with van der Waals surface area (Å²) in [6, 6.07) is 9.69. The molecular formula is C18H20N2O2. The molecule has 2 rings (SSSR count). The number of benzene rings is 1. The molecule has 0 atom stereocenters. The van der Waals surface area contributed by atoms with Gasteiger partial charge in [-0.15, -0.1) is 0 Å². The Labute approximate surface area is 131 Å². The molecule has 0 bridgehead atoms. The van der Waals surface area contributed by atoms with Gasteiger partial charge < -0.3 is 14.6 Å². The predicted molar refractivity (Wildman–Crippen MR) is 88.2 cm³/mol. The lowest BCUT2D eigenvalue weighted by atomic mass is 10.2. The van der Waals surface area contributed by atoms with Gasteiger partial charge in [-0.2, -0.15) is 0 Å². The molecular weight excluding hydrogens is 276 g/mol. The molecule has 4 heteroatoms. The van der Waals surface area contributed by atoms with E-state index < -0.39 is 0 Å². The molecule has 0 unspecified atom stereocenters. The number of hydrogen-bond acceptors (Lipinski definition) is 3. The molecule has 22 heavy (non-hydrogen) atoms. The number of hydrogen-bond donors (Lipinski definition) is 1. The van der Waals surface area contributed by atoms with Crippen molar-refractivity contribution in [2.24, 2.45) is 0 Å². The third-order valence-electron chi connectivity index (χ3n) is 3.24. The van der Waals surface area contributed by atoms with Gasteiger partial charge in [0.25, 0.3) is 5.91 Å². The van der Waals surface area contributed by atoms with E-state index in [1.807, 2.05) is 50.2 Å². The van der Waals surface area contributed by atoms with Gasteiger partial charge in [0.1, 0.15) is 11.5 Å². The maximum Gasteiger partial charge on any atom is 0.255 e. The molecule has 0 saturated heterocycles. The quantitative estimate of drug-likeness (QED) is 0.886. The minimum atomic E-state index is -0.161. The van der Waals surface area contributed by atoms with Gasteiger partial charge in [-0.1, -0.05) is 11.8 Å². The molecule has 2 aromatic rings. The van der Waals surface area contributed by atoms with E-state index in [0.717, 1.165) is 17.0 Å². The van der Waals surface area contributed by atoms with Crippen molar-refractivity contribution in [1.82, 2.24) is 5.32 Å². The summed E-state index contributed by atoms with van der Waals surface area (Å²) in [6.45, 7) is 3.90. The first-order valence-corrected chi connectivity index (χ1v) is 7.09. The summed E-state index contributed by atoms with van der Waals surface area (Å²) >= 11 is 0. The third kappa shape index (κ3) is 3.92. The average molecular weight is 296 g/mol. The first kappa shape index (κ1) is 15.7. The van der Waals surface area contributed by atoms with Gasteiger partial charge in [-0.25, -0.2) is 0 Å². The number of nitrogens with one attached hydrogen (secondary N) is 1. The third-order valence-corrected chi connectivity index (χ3v) is 3.24. The van der Waals surface area contributed by atoms with Crippen molar-refractivity contribution in [3.05, 3.63) is 53.0 Å². The van der Waals surface area contributed by atoms with Crippen molar-refractivity contribution in [1.29, 1.82) is 0 Å². The van der Waals surface area contributed by atoms with Gasteiger partial charge >= 0.3 is 0 Å². The van der Waals surface area contributed by atoms with Crippen LogP contribution in [0.25, 0.3) is 0 Å². The van der Waals surface area contributed by atoms with Crippen LogP contribution in [-0.2, 0) is 0 Å². The van der Waals surface area contributed by atoms with E-state index in [4.69, 9.17) is 4.42 Å². The highest BCUT2D eigenvalue weighted by Crippen LogP contribution is 2.13. The van der Waals surface area contributed by atoms with E-state index in [2.05, 4.69) is 17.2 Å². The lowest BCUT2D eigenvalue weighted by Gasteiger charge is -2.11. The molecule has 1 amide bonds. The fourth-order valence-electron chi connectivity index (χ4n) is 2.07. The molecule has 114 valence electrons. The van der Waals surface area contributed by atoms with Crippen LogP contribution in [0.5, 0.6) is 0 Å². The van der Waals surface area contributed by atoms with E-state index in [1.165, 1.54) is 0 Å². The zero-order valence-corrected chi connectivity index (χ0v) is 13.4. The van der Waals surface area contributed by atoms with Gasteiger partial charge in [-0.05, 0) is 44.2 Å². The van der Waals surface area contributed by atoms with E-state index in [-0.39, 0.29) is 5.91 Å². The van der Waals surface area contributed by atoms with Gasteiger partial charge in [0.05, 0.1) is 12.1 Å². The van der Waals surface area contributed by atoms with Gasteiger partial charge in [0, 0.05) is 25.3 Å². The Bertz CT molecular complexity index is 716. The summed E-state index contributed by atoms with van der Waals surface area (Å²) in [6.07, 6.45) is 0. The Balaban J connectivity index is 1.91. The van der Waals surface area contributed by atoms with Crippen molar-refractivity contribution >= 4 is 11.6 Å². The van der Waals surface area contributed by atoms with Crippen LogP contribution in [0.4, 0.5) is 5.69 Å². The second-order valence-electron chi connectivity index (χ2n) is 5.25. The molecule has 0 aliphatic rings. The molecule has 0 spiro atoms. The molecule has 1 heterocycles. The largest absolute Gasteiger partial charge is 0.466 e. The van der Waals surface area contributed by atoms with Gasteiger partial charge in [-0.3, -0.25) is 4.79 Å². The number of rotatable bonds is 3. The first-order chi connectivity index (χ1) is 10.5. The van der Waals surface area contributed by atoms with Crippen LogP contribution in [0.3, 0.4) is 0 Å². The van der Waals surface area contributed by atoms with Crippen molar-refractivity contribution in [3.8, 4) is 11.8 Å². The van der Waals surface area contributed by atoms with Crippen LogP contribution < -0.4 is 10.2 Å². The highest BCUT2D eigenvalue weighted by Gasteiger charge is 2.11. The van der Waals surface area contributed by atoms with E-state index in [1.54, 1.807) is 13.0 Å². The fraction of sp³-hybridized carbons (Fsp3) is 0.278. The topological polar surface area (TPSA) is 45.5 Å². The standard InChI is InChI=1S/C18H20N2O2/c1-13-12-17(14(2)22-13)18(21)19-11-5-6-15-7-9-16(10-8-15)20(3)4/h7-10,12H,11H2,1-4H3,(H,19,21). The number of carbonyl (C=O) groups excluding carboxylic acids is 1. The Morgan fingerprint density at radius 2 is 1.91 bits per heavy atom. The molecule has 1 aromatic carbocycles. The van der Waals surface area contributed by atoms with Crippen LogP contribution >= 0.6 is 0 Å². The number of furan rings is 1. The minimum absolute atomic E-state index is 0.161. The van der Waals surface area contributed by atoms with Crippen LogP contribution in [0, 0.1) is 25.7 Å². The Morgan fingerprint density at radius 1 is 1.23 bits per heavy atom. The number of anilines is 1. The summed E-state index contributed by atoms with van der Waals surface area (Å²) in [5, 5.41) is 2.77. The fourth-order valence-corrected chi connectivity index (χ4v) is 2.07. The SMILES string of the molecule is Cc1cc(C(=O)NCC#Cc2ccc(N(C)C)cc2)c(C)o1. The maximum atomic E-state index is 12.0. The number of aryl methyl sites for hydroxylation is 2. The molecule has 4 nitrogen and oxygen atoms in total. The van der Waals surface area contributed by atoms with Crippen molar-refractivity contribution in [3.63, 3.8) is 0 Å². The molecule has 1 N–H and O–H groups in total. The molecule has 0 saturated carbocycles. The molecule has 0 radical (unpaired) electrons.